The van der Waals surface area contributed by atoms with Crippen LogP contribution in [0.3, 0.4) is 0 Å². The number of nitrogens with one attached hydrogen (secondary N) is 2. The largest absolute Gasteiger partial charge is 0.378 e. The molecule has 2 saturated heterocycles. The van der Waals surface area contributed by atoms with Gasteiger partial charge in [0.1, 0.15) is 0 Å². The zero-order valence-corrected chi connectivity index (χ0v) is 12.1. The first-order chi connectivity index (χ1) is 8.79. The molecular formula is C15H30N2O. The number of hydrogen-bond donors (Lipinski definition) is 2. The van der Waals surface area contributed by atoms with Gasteiger partial charge in [0.2, 0.25) is 0 Å². The van der Waals surface area contributed by atoms with Gasteiger partial charge >= 0.3 is 0 Å². The molecule has 2 heterocycles. The minimum Gasteiger partial charge on any atom is -0.378 e. The molecular weight excluding hydrogens is 224 g/mol. The Labute approximate surface area is 112 Å². The summed E-state index contributed by atoms with van der Waals surface area (Å²) in [5.74, 6) is 0.733. The molecule has 2 aliphatic heterocycles. The Morgan fingerprint density at radius 2 is 2.22 bits per heavy atom. The van der Waals surface area contributed by atoms with Gasteiger partial charge in [-0.3, -0.25) is 0 Å². The maximum atomic E-state index is 5.74. The standard InChI is InChI=1S/C15H30N2O/c1-3-15-13(7-9-18-15)11-17-12(2)10-14-6-4-5-8-16-14/h12-17H,3-11H2,1-2H3. The normalized spacial score (nSPS) is 34.7. The molecule has 0 saturated carbocycles. The van der Waals surface area contributed by atoms with E-state index in [2.05, 4.69) is 24.5 Å². The number of hydrogen-bond acceptors (Lipinski definition) is 3. The SMILES string of the molecule is CCC1OCCC1CNC(C)CC1CCCCN1. The second-order valence-electron chi connectivity index (χ2n) is 6.06. The molecule has 4 unspecified atom stereocenters. The van der Waals surface area contributed by atoms with E-state index in [1.54, 1.807) is 0 Å². The van der Waals surface area contributed by atoms with Gasteiger partial charge in [0.05, 0.1) is 6.10 Å². The smallest absolute Gasteiger partial charge is 0.0613 e. The van der Waals surface area contributed by atoms with E-state index in [0.717, 1.165) is 31.5 Å². The lowest BCUT2D eigenvalue weighted by atomic mass is 9.97. The van der Waals surface area contributed by atoms with E-state index in [0.29, 0.717) is 12.1 Å². The van der Waals surface area contributed by atoms with Crippen LogP contribution in [0.15, 0.2) is 0 Å². The summed E-state index contributed by atoms with van der Waals surface area (Å²) in [6.07, 6.45) is 8.28. The van der Waals surface area contributed by atoms with E-state index in [9.17, 15) is 0 Å². The molecule has 0 radical (unpaired) electrons. The summed E-state index contributed by atoms with van der Waals surface area (Å²) < 4.78 is 5.74. The summed E-state index contributed by atoms with van der Waals surface area (Å²) in [5, 5.41) is 7.35. The quantitative estimate of drug-likeness (QED) is 0.763. The van der Waals surface area contributed by atoms with Crippen LogP contribution in [-0.2, 0) is 4.74 Å². The van der Waals surface area contributed by atoms with Gasteiger partial charge in [-0.25, -0.2) is 0 Å². The molecule has 106 valence electrons. The summed E-state index contributed by atoms with van der Waals surface area (Å²) in [4.78, 5) is 0. The minimum absolute atomic E-state index is 0.498. The molecule has 0 spiro atoms. The van der Waals surface area contributed by atoms with Crippen LogP contribution in [0.5, 0.6) is 0 Å². The van der Waals surface area contributed by atoms with Crippen molar-refractivity contribution in [3.8, 4) is 0 Å². The average molecular weight is 254 g/mol. The van der Waals surface area contributed by atoms with Crippen molar-refractivity contribution >= 4 is 0 Å². The van der Waals surface area contributed by atoms with E-state index in [1.807, 2.05) is 0 Å². The van der Waals surface area contributed by atoms with Crippen LogP contribution in [0.4, 0.5) is 0 Å². The second kappa shape index (κ2) is 7.46. The van der Waals surface area contributed by atoms with Crippen LogP contribution in [0.25, 0.3) is 0 Å². The molecule has 18 heavy (non-hydrogen) atoms. The van der Waals surface area contributed by atoms with Crippen molar-refractivity contribution in [2.45, 2.75) is 70.6 Å². The van der Waals surface area contributed by atoms with Crippen LogP contribution >= 0.6 is 0 Å². The third-order valence-corrected chi connectivity index (χ3v) is 4.53. The highest BCUT2D eigenvalue weighted by Gasteiger charge is 2.26. The third kappa shape index (κ3) is 4.22. The fraction of sp³-hybridized carbons (Fsp3) is 1.00. The molecule has 2 fully saturated rings. The molecule has 3 nitrogen and oxygen atoms in total. The molecule has 0 amide bonds. The lowest BCUT2D eigenvalue weighted by Crippen LogP contribution is -2.41. The highest BCUT2D eigenvalue weighted by Crippen LogP contribution is 2.22. The fourth-order valence-corrected chi connectivity index (χ4v) is 3.37. The van der Waals surface area contributed by atoms with Crippen molar-refractivity contribution < 1.29 is 4.74 Å². The molecule has 3 heteroatoms. The van der Waals surface area contributed by atoms with Gasteiger partial charge in [0.15, 0.2) is 0 Å². The van der Waals surface area contributed by atoms with Crippen LogP contribution in [0, 0.1) is 5.92 Å². The van der Waals surface area contributed by atoms with E-state index in [-0.39, 0.29) is 0 Å². The zero-order chi connectivity index (χ0) is 12.8. The lowest BCUT2D eigenvalue weighted by Gasteiger charge is -2.27. The summed E-state index contributed by atoms with van der Waals surface area (Å²) in [6, 6.07) is 1.36. The van der Waals surface area contributed by atoms with Gasteiger partial charge in [0.25, 0.3) is 0 Å². The second-order valence-corrected chi connectivity index (χ2v) is 6.06. The predicted octanol–water partition coefficient (Wildman–Crippen LogP) is 2.31. The van der Waals surface area contributed by atoms with E-state index < -0.39 is 0 Å². The first kappa shape index (κ1) is 14.3. The topological polar surface area (TPSA) is 33.3 Å². The fourth-order valence-electron chi connectivity index (χ4n) is 3.37. The summed E-state index contributed by atoms with van der Waals surface area (Å²) in [7, 11) is 0. The summed E-state index contributed by atoms with van der Waals surface area (Å²) in [6.45, 7) is 7.87. The Morgan fingerprint density at radius 3 is 2.94 bits per heavy atom. The first-order valence-corrected chi connectivity index (χ1v) is 7.88. The number of ether oxygens (including phenoxy) is 1. The Hall–Kier alpha value is -0.120. The minimum atomic E-state index is 0.498. The van der Waals surface area contributed by atoms with Gasteiger partial charge in [-0.05, 0) is 51.5 Å². The van der Waals surface area contributed by atoms with Crippen LogP contribution < -0.4 is 10.6 Å². The molecule has 2 rings (SSSR count). The van der Waals surface area contributed by atoms with Crippen molar-refractivity contribution in [1.82, 2.24) is 10.6 Å². The molecule has 2 aliphatic rings. The van der Waals surface area contributed by atoms with Crippen LogP contribution in [-0.4, -0.2) is 37.9 Å². The number of piperidine rings is 1. The van der Waals surface area contributed by atoms with E-state index in [4.69, 9.17) is 4.74 Å². The van der Waals surface area contributed by atoms with Gasteiger partial charge in [0, 0.05) is 25.2 Å². The van der Waals surface area contributed by atoms with Crippen molar-refractivity contribution in [3.05, 3.63) is 0 Å². The predicted molar refractivity (Wildman–Crippen MR) is 75.9 cm³/mol. The molecule has 4 atom stereocenters. The van der Waals surface area contributed by atoms with Crippen molar-refractivity contribution in [2.75, 3.05) is 19.7 Å². The van der Waals surface area contributed by atoms with Crippen LogP contribution in [0.1, 0.15) is 52.4 Å². The monoisotopic (exact) mass is 254 g/mol. The molecule has 0 aliphatic carbocycles. The maximum absolute atomic E-state index is 5.74. The highest BCUT2D eigenvalue weighted by molar-refractivity contribution is 4.81. The summed E-state index contributed by atoms with van der Waals surface area (Å²) in [5.41, 5.74) is 0. The Morgan fingerprint density at radius 1 is 1.33 bits per heavy atom. The van der Waals surface area contributed by atoms with E-state index >= 15 is 0 Å². The van der Waals surface area contributed by atoms with Gasteiger partial charge in [-0.1, -0.05) is 13.3 Å². The molecule has 0 aromatic heterocycles. The third-order valence-electron chi connectivity index (χ3n) is 4.53. The van der Waals surface area contributed by atoms with E-state index in [1.165, 1.54) is 38.6 Å². The Kier molecular flexibility index (Phi) is 5.93. The van der Waals surface area contributed by atoms with Gasteiger partial charge in [-0.15, -0.1) is 0 Å². The van der Waals surface area contributed by atoms with Crippen molar-refractivity contribution in [3.63, 3.8) is 0 Å². The number of rotatable bonds is 6. The van der Waals surface area contributed by atoms with Gasteiger partial charge < -0.3 is 15.4 Å². The van der Waals surface area contributed by atoms with Gasteiger partial charge in [-0.2, -0.15) is 0 Å². The average Bonchev–Trinajstić information content (AvgIpc) is 2.85. The highest BCUT2D eigenvalue weighted by atomic mass is 16.5. The van der Waals surface area contributed by atoms with Crippen molar-refractivity contribution in [2.24, 2.45) is 5.92 Å². The lowest BCUT2D eigenvalue weighted by molar-refractivity contribution is 0.0865. The molecule has 0 bridgehead atoms. The first-order valence-electron chi connectivity index (χ1n) is 7.88. The maximum Gasteiger partial charge on any atom is 0.0613 e. The Balaban J connectivity index is 1.63. The Bertz CT molecular complexity index is 229. The summed E-state index contributed by atoms with van der Waals surface area (Å²) >= 11 is 0. The molecule has 2 N–H and O–H groups in total. The molecule has 0 aromatic rings. The zero-order valence-electron chi connectivity index (χ0n) is 12.1. The van der Waals surface area contributed by atoms with Crippen LogP contribution in [0.2, 0.25) is 0 Å². The van der Waals surface area contributed by atoms with Crippen molar-refractivity contribution in [1.29, 1.82) is 0 Å². The molecule has 0 aromatic carbocycles.